The maximum atomic E-state index is 12.4. The third kappa shape index (κ3) is 6.54. The summed E-state index contributed by atoms with van der Waals surface area (Å²) in [5.74, 6) is 0. The molecule has 0 N–H and O–H groups in total. The molecular weight excluding hydrogens is 310 g/mol. The van der Waals surface area contributed by atoms with Crippen molar-refractivity contribution >= 4 is 15.2 Å². The van der Waals surface area contributed by atoms with Crippen molar-refractivity contribution in [3.63, 3.8) is 0 Å². The van der Waals surface area contributed by atoms with Gasteiger partial charge in [0.15, 0.2) is 0 Å². The molecule has 7 heteroatoms. The van der Waals surface area contributed by atoms with Gasteiger partial charge in [-0.25, -0.2) is 4.31 Å². The maximum absolute atomic E-state index is 12.4. The van der Waals surface area contributed by atoms with Crippen LogP contribution in [0.4, 0.5) is 0 Å². The molecule has 0 heterocycles. The summed E-state index contributed by atoms with van der Waals surface area (Å²) in [6.45, 7) is 2.81. The molecule has 2 unspecified atom stereocenters. The van der Waals surface area contributed by atoms with Crippen molar-refractivity contribution in [1.82, 2.24) is 0 Å². The molecule has 0 radical (unpaired) electrons. The Morgan fingerprint density at radius 3 is 1.33 bits per heavy atom. The first-order valence-electron chi connectivity index (χ1n) is 8.09. The van der Waals surface area contributed by atoms with Crippen LogP contribution in [-0.2, 0) is 22.5 Å². The summed E-state index contributed by atoms with van der Waals surface area (Å²) in [5, 5.41) is 0. The van der Waals surface area contributed by atoms with Crippen molar-refractivity contribution in [2.45, 2.75) is 76.4 Å². The van der Waals surface area contributed by atoms with E-state index in [0.717, 1.165) is 51.4 Å². The van der Waals surface area contributed by atoms with E-state index in [-0.39, 0.29) is 12.2 Å². The van der Waals surface area contributed by atoms with E-state index in [2.05, 4.69) is 0 Å². The van der Waals surface area contributed by atoms with Gasteiger partial charge in [0.1, 0.15) is 0 Å². The van der Waals surface area contributed by atoms with Crippen molar-refractivity contribution in [2.75, 3.05) is 13.3 Å². The standard InChI is InChI=1S/C14H28O5P2/c1-20(15,17-13-9-5-3-6-10-13)19-21(2,16)18-14-11-7-4-8-12-14/h13-14H,3-12H2,1-2H3. The van der Waals surface area contributed by atoms with Crippen LogP contribution >= 0.6 is 15.2 Å². The second-order valence-electron chi connectivity index (χ2n) is 6.36. The Kier molecular flexibility index (Phi) is 6.52. The molecule has 21 heavy (non-hydrogen) atoms. The quantitative estimate of drug-likeness (QED) is 0.611. The third-order valence-electron chi connectivity index (χ3n) is 4.08. The lowest BCUT2D eigenvalue weighted by molar-refractivity contribution is 0.118. The van der Waals surface area contributed by atoms with Gasteiger partial charge in [0, 0.05) is 13.3 Å². The predicted octanol–water partition coefficient (Wildman–Crippen LogP) is 5.35. The lowest BCUT2D eigenvalue weighted by Crippen LogP contribution is -2.17. The summed E-state index contributed by atoms with van der Waals surface area (Å²) in [5.41, 5.74) is 0. The molecule has 0 saturated heterocycles. The van der Waals surface area contributed by atoms with Gasteiger partial charge in [-0.2, -0.15) is 0 Å². The summed E-state index contributed by atoms with van der Waals surface area (Å²) >= 11 is 0. The number of rotatable bonds is 6. The van der Waals surface area contributed by atoms with E-state index in [1.54, 1.807) is 0 Å². The molecule has 5 nitrogen and oxygen atoms in total. The van der Waals surface area contributed by atoms with Crippen molar-refractivity contribution in [3.8, 4) is 0 Å². The summed E-state index contributed by atoms with van der Waals surface area (Å²) in [6, 6.07) is 0. The first-order chi connectivity index (χ1) is 9.86. The molecule has 0 aliphatic heterocycles. The summed E-state index contributed by atoms with van der Waals surface area (Å²) in [6.07, 6.45) is 10.3. The molecule has 2 aliphatic rings. The van der Waals surface area contributed by atoms with Crippen LogP contribution in [0.5, 0.6) is 0 Å². The highest BCUT2D eigenvalue weighted by molar-refractivity contribution is 7.66. The SMILES string of the molecule is CP(=O)(OC1CCCCC1)OP(C)(=O)OC1CCCCC1. The third-order valence-corrected chi connectivity index (χ3v) is 7.82. The molecular formula is C14H28O5P2. The Morgan fingerprint density at radius 1 is 0.667 bits per heavy atom. The monoisotopic (exact) mass is 338 g/mol. The van der Waals surface area contributed by atoms with Gasteiger partial charge in [0.2, 0.25) is 0 Å². The normalized spacial score (nSPS) is 27.9. The molecule has 0 aromatic carbocycles. The Hall–Kier alpha value is 0.340. The van der Waals surface area contributed by atoms with Gasteiger partial charge >= 0.3 is 15.2 Å². The second kappa shape index (κ2) is 7.75. The summed E-state index contributed by atoms with van der Waals surface area (Å²) in [7, 11) is -6.68. The van der Waals surface area contributed by atoms with Gasteiger partial charge in [-0.05, 0) is 25.7 Å². The van der Waals surface area contributed by atoms with E-state index in [9.17, 15) is 9.13 Å². The molecule has 2 atom stereocenters. The first kappa shape index (κ1) is 17.7. The zero-order valence-corrected chi connectivity index (χ0v) is 15.0. The number of hydrogen-bond acceptors (Lipinski definition) is 5. The lowest BCUT2D eigenvalue weighted by atomic mass is 9.98. The highest BCUT2D eigenvalue weighted by atomic mass is 31.3. The van der Waals surface area contributed by atoms with Crippen LogP contribution in [-0.4, -0.2) is 25.5 Å². The van der Waals surface area contributed by atoms with E-state index in [0.29, 0.717) is 0 Å². The molecule has 0 aromatic rings. The molecule has 2 aliphatic carbocycles. The Bertz CT molecular complexity index is 376. The minimum atomic E-state index is -3.34. The van der Waals surface area contributed by atoms with Gasteiger partial charge in [0.05, 0.1) is 12.2 Å². The van der Waals surface area contributed by atoms with Gasteiger partial charge in [-0.1, -0.05) is 38.5 Å². The second-order valence-corrected chi connectivity index (χ2v) is 10.5. The lowest BCUT2D eigenvalue weighted by Gasteiger charge is -2.29. The zero-order chi connectivity index (χ0) is 15.3. The Balaban J connectivity index is 1.84. The fraction of sp³-hybridized carbons (Fsp3) is 1.00. The molecule has 0 aromatic heterocycles. The largest absolute Gasteiger partial charge is 0.335 e. The van der Waals surface area contributed by atoms with Crippen LogP contribution in [0.2, 0.25) is 0 Å². The van der Waals surface area contributed by atoms with Crippen LogP contribution in [0.15, 0.2) is 0 Å². The molecule has 0 amide bonds. The van der Waals surface area contributed by atoms with E-state index in [4.69, 9.17) is 13.4 Å². The minimum absolute atomic E-state index is 0.0377. The molecule has 2 saturated carbocycles. The van der Waals surface area contributed by atoms with Crippen LogP contribution in [0.3, 0.4) is 0 Å². The molecule has 2 rings (SSSR count). The van der Waals surface area contributed by atoms with E-state index in [1.807, 2.05) is 0 Å². The van der Waals surface area contributed by atoms with Gasteiger partial charge in [0.25, 0.3) is 0 Å². The molecule has 124 valence electrons. The molecule has 2 fully saturated rings. The zero-order valence-electron chi connectivity index (χ0n) is 13.2. The molecule has 0 bridgehead atoms. The summed E-state index contributed by atoms with van der Waals surface area (Å²) in [4.78, 5) is 0. The van der Waals surface area contributed by atoms with Crippen LogP contribution in [0, 0.1) is 0 Å². The Labute approximate surface area is 128 Å². The van der Waals surface area contributed by atoms with Gasteiger partial charge in [-0.15, -0.1) is 0 Å². The fourth-order valence-corrected chi connectivity index (χ4v) is 7.16. The van der Waals surface area contributed by atoms with E-state index < -0.39 is 15.2 Å². The molecule has 0 spiro atoms. The van der Waals surface area contributed by atoms with Crippen LogP contribution in [0.25, 0.3) is 0 Å². The fourth-order valence-electron chi connectivity index (χ4n) is 3.19. The predicted molar refractivity (Wildman–Crippen MR) is 84.1 cm³/mol. The van der Waals surface area contributed by atoms with E-state index in [1.165, 1.54) is 26.2 Å². The van der Waals surface area contributed by atoms with Crippen molar-refractivity contribution in [1.29, 1.82) is 0 Å². The Morgan fingerprint density at radius 2 is 1.00 bits per heavy atom. The summed E-state index contributed by atoms with van der Waals surface area (Å²) < 4.78 is 41.4. The minimum Gasteiger partial charge on any atom is -0.305 e. The number of hydrogen-bond donors (Lipinski definition) is 0. The van der Waals surface area contributed by atoms with Crippen LogP contribution < -0.4 is 0 Å². The van der Waals surface area contributed by atoms with E-state index >= 15 is 0 Å². The average molecular weight is 338 g/mol. The smallest absolute Gasteiger partial charge is 0.305 e. The highest BCUT2D eigenvalue weighted by Gasteiger charge is 2.34. The van der Waals surface area contributed by atoms with Crippen molar-refractivity contribution < 1.29 is 22.5 Å². The topological polar surface area (TPSA) is 61.8 Å². The average Bonchev–Trinajstić information content (AvgIpc) is 2.38. The van der Waals surface area contributed by atoms with Crippen molar-refractivity contribution in [2.24, 2.45) is 0 Å². The van der Waals surface area contributed by atoms with Crippen LogP contribution in [0.1, 0.15) is 64.2 Å². The maximum Gasteiger partial charge on any atom is 0.335 e. The van der Waals surface area contributed by atoms with Gasteiger partial charge < -0.3 is 9.05 Å². The highest BCUT2D eigenvalue weighted by Crippen LogP contribution is 2.63. The van der Waals surface area contributed by atoms with Gasteiger partial charge in [-0.3, -0.25) is 9.13 Å². The van der Waals surface area contributed by atoms with Crippen molar-refractivity contribution in [3.05, 3.63) is 0 Å². The first-order valence-corrected chi connectivity index (χ1v) is 12.1.